The Hall–Kier alpha value is -1.50. The highest BCUT2D eigenvalue weighted by molar-refractivity contribution is 6.33. The van der Waals surface area contributed by atoms with Crippen LogP contribution < -0.4 is 4.90 Å². The van der Waals surface area contributed by atoms with Gasteiger partial charge in [0.1, 0.15) is 5.82 Å². The van der Waals surface area contributed by atoms with Crippen molar-refractivity contribution < 1.29 is 18.0 Å². The van der Waals surface area contributed by atoms with E-state index < -0.39 is 11.7 Å². The topological polar surface area (TPSA) is 36.4 Å². The zero-order chi connectivity index (χ0) is 18.5. The molecule has 4 rings (SSSR count). The van der Waals surface area contributed by atoms with Gasteiger partial charge in [-0.2, -0.15) is 13.2 Å². The first-order valence-electron chi connectivity index (χ1n) is 9.09. The average molecular weight is 388 g/mol. The minimum Gasteiger partial charge on any atom is -0.352 e. The lowest BCUT2D eigenvalue weighted by molar-refractivity contribution is -0.138. The minimum atomic E-state index is -4.46. The molecule has 2 aliphatic carbocycles. The number of aromatic nitrogens is 1. The highest BCUT2D eigenvalue weighted by Gasteiger charge is 2.44. The van der Waals surface area contributed by atoms with Gasteiger partial charge in [0.25, 0.3) is 0 Å². The van der Waals surface area contributed by atoms with E-state index >= 15 is 0 Å². The van der Waals surface area contributed by atoms with Crippen LogP contribution in [-0.2, 0) is 11.0 Å². The van der Waals surface area contributed by atoms with Gasteiger partial charge in [-0.25, -0.2) is 4.98 Å². The maximum Gasteiger partial charge on any atom is 0.417 e. The Morgan fingerprint density at radius 1 is 1.15 bits per heavy atom. The molecule has 2 saturated carbocycles. The molecule has 1 aliphatic heterocycles. The number of nitrogens with zero attached hydrogens (tertiary/aromatic N) is 3. The molecule has 3 atom stereocenters. The van der Waals surface area contributed by atoms with Crippen molar-refractivity contribution in [2.24, 2.45) is 17.8 Å². The van der Waals surface area contributed by atoms with Crippen molar-refractivity contribution in [2.45, 2.75) is 31.9 Å². The van der Waals surface area contributed by atoms with Crippen molar-refractivity contribution in [1.82, 2.24) is 9.88 Å². The fraction of sp³-hybridized carbons (Fsp3) is 0.667. The fourth-order valence-corrected chi connectivity index (χ4v) is 5.02. The van der Waals surface area contributed by atoms with E-state index in [2.05, 4.69) is 4.98 Å². The number of hydrogen-bond acceptors (Lipinski definition) is 3. The number of anilines is 1. The molecule has 3 fully saturated rings. The number of alkyl halides is 3. The molecule has 2 bridgehead atoms. The molecule has 0 unspecified atom stereocenters. The molecule has 1 saturated heterocycles. The molecule has 8 heteroatoms. The lowest BCUT2D eigenvalue weighted by Crippen LogP contribution is -2.51. The van der Waals surface area contributed by atoms with E-state index in [0.717, 1.165) is 24.6 Å². The van der Waals surface area contributed by atoms with Crippen molar-refractivity contribution in [3.63, 3.8) is 0 Å². The molecule has 1 aromatic rings. The standard InChI is InChI=1S/C18H21ClF3N3O/c19-15-9-13(18(20,21)22)10-23-16(15)24-3-5-25(6-4-24)17(26)14-8-11-1-2-12(14)7-11/h9-12,14H,1-8H2/t11-,12-,14+/m0/s1. The monoisotopic (exact) mass is 387 g/mol. The number of piperazine rings is 1. The molecule has 3 aliphatic rings. The maximum absolute atomic E-state index is 12.8. The normalized spacial score (nSPS) is 28.7. The third kappa shape index (κ3) is 3.26. The van der Waals surface area contributed by atoms with Crippen LogP contribution in [0.2, 0.25) is 5.02 Å². The van der Waals surface area contributed by atoms with Gasteiger partial charge in [-0.05, 0) is 37.2 Å². The van der Waals surface area contributed by atoms with Gasteiger partial charge in [0.2, 0.25) is 5.91 Å². The second-order valence-corrected chi connectivity index (χ2v) is 8.03. The summed E-state index contributed by atoms with van der Waals surface area (Å²) in [6.07, 6.45) is 1.01. The van der Waals surface area contributed by atoms with Crippen molar-refractivity contribution >= 4 is 23.3 Å². The Balaban J connectivity index is 1.38. The molecule has 142 valence electrons. The van der Waals surface area contributed by atoms with Crippen LogP contribution in [0, 0.1) is 17.8 Å². The van der Waals surface area contributed by atoms with Crippen molar-refractivity contribution in [3.8, 4) is 0 Å². The van der Waals surface area contributed by atoms with Crippen LogP contribution in [0.1, 0.15) is 31.2 Å². The zero-order valence-electron chi connectivity index (χ0n) is 14.3. The molecule has 0 radical (unpaired) electrons. The summed E-state index contributed by atoms with van der Waals surface area (Å²) in [6, 6.07) is 0.913. The van der Waals surface area contributed by atoms with Gasteiger partial charge in [0.05, 0.1) is 10.6 Å². The van der Waals surface area contributed by atoms with Crippen LogP contribution in [0.4, 0.5) is 19.0 Å². The Morgan fingerprint density at radius 3 is 2.42 bits per heavy atom. The summed E-state index contributed by atoms with van der Waals surface area (Å²) in [6.45, 7) is 2.19. The minimum absolute atomic E-state index is 0.00676. The number of hydrogen-bond donors (Lipinski definition) is 0. The van der Waals surface area contributed by atoms with Gasteiger partial charge in [-0.15, -0.1) is 0 Å². The predicted molar refractivity (Wildman–Crippen MR) is 92.0 cm³/mol. The van der Waals surface area contributed by atoms with Gasteiger partial charge >= 0.3 is 6.18 Å². The first-order valence-corrected chi connectivity index (χ1v) is 9.47. The number of amides is 1. The van der Waals surface area contributed by atoms with E-state index in [1.54, 1.807) is 0 Å². The first kappa shape index (κ1) is 17.9. The summed E-state index contributed by atoms with van der Waals surface area (Å²) in [5, 5.41) is -0.00676. The van der Waals surface area contributed by atoms with Crippen LogP contribution in [0.25, 0.3) is 0 Å². The van der Waals surface area contributed by atoms with Gasteiger partial charge in [-0.3, -0.25) is 4.79 Å². The summed E-state index contributed by atoms with van der Waals surface area (Å²) >= 11 is 6.03. The Kier molecular flexibility index (Phi) is 4.53. The SMILES string of the molecule is O=C([C@@H]1C[C@H]2CC[C@H]1C2)N1CCN(c2ncc(C(F)(F)F)cc2Cl)CC1. The third-order valence-electron chi connectivity index (χ3n) is 6.10. The molecular formula is C18H21ClF3N3O. The fourth-order valence-electron chi connectivity index (χ4n) is 4.74. The summed E-state index contributed by atoms with van der Waals surface area (Å²) in [7, 11) is 0. The number of rotatable bonds is 2. The van der Waals surface area contributed by atoms with Gasteiger partial charge in [0.15, 0.2) is 0 Å². The van der Waals surface area contributed by atoms with Crippen LogP contribution in [0.15, 0.2) is 12.3 Å². The third-order valence-corrected chi connectivity index (χ3v) is 6.37. The van der Waals surface area contributed by atoms with Crippen LogP contribution in [0.3, 0.4) is 0 Å². The summed E-state index contributed by atoms with van der Waals surface area (Å²) in [5.74, 6) is 2.06. The smallest absolute Gasteiger partial charge is 0.352 e. The molecule has 4 nitrogen and oxygen atoms in total. The van der Waals surface area contributed by atoms with Crippen molar-refractivity contribution in [1.29, 1.82) is 0 Å². The summed E-state index contributed by atoms with van der Waals surface area (Å²) < 4.78 is 38.2. The largest absolute Gasteiger partial charge is 0.417 e. The number of carbonyl (C=O) groups excluding carboxylic acids is 1. The molecule has 0 spiro atoms. The van der Waals surface area contributed by atoms with E-state index in [0.29, 0.717) is 37.9 Å². The summed E-state index contributed by atoms with van der Waals surface area (Å²) in [5.41, 5.74) is -0.851. The van der Waals surface area contributed by atoms with E-state index in [1.165, 1.54) is 19.3 Å². The van der Waals surface area contributed by atoms with Crippen molar-refractivity contribution in [2.75, 3.05) is 31.1 Å². The van der Waals surface area contributed by atoms with E-state index in [-0.39, 0.29) is 16.8 Å². The average Bonchev–Trinajstić information content (AvgIpc) is 3.24. The number of carbonyl (C=O) groups is 1. The molecule has 1 amide bonds. The quantitative estimate of drug-likeness (QED) is 0.773. The molecule has 0 N–H and O–H groups in total. The van der Waals surface area contributed by atoms with Gasteiger partial charge < -0.3 is 9.80 Å². The van der Waals surface area contributed by atoms with E-state index in [9.17, 15) is 18.0 Å². The highest BCUT2D eigenvalue weighted by atomic mass is 35.5. The number of pyridine rings is 1. The first-order chi connectivity index (χ1) is 12.3. The Labute approximate surface area is 155 Å². The number of fused-ring (bicyclic) bond motifs is 2. The Bertz CT molecular complexity index is 703. The molecule has 2 heterocycles. The van der Waals surface area contributed by atoms with Crippen LogP contribution in [0.5, 0.6) is 0 Å². The van der Waals surface area contributed by atoms with E-state index in [4.69, 9.17) is 11.6 Å². The summed E-state index contributed by atoms with van der Waals surface area (Å²) in [4.78, 5) is 20.5. The number of halogens is 4. The Morgan fingerprint density at radius 2 is 1.88 bits per heavy atom. The second kappa shape index (κ2) is 6.59. The van der Waals surface area contributed by atoms with Gasteiger partial charge in [-0.1, -0.05) is 18.0 Å². The van der Waals surface area contributed by atoms with E-state index in [1.807, 2.05) is 9.80 Å². The second-order valence-electron chi connectivity index (χ2n) is 7.62. The predicted octanol–water partition coefficient (Wildman–Crippen LogP) is 3.84. The maximum atomic E-state index is 12.8. The van der Waals surface area contributed by atoms with Crippen molar-refractivity contribution in [3.05, 3.63) is 22.8 Å². The molecule has 1 aromatic heterocycles. The van der Waals surface area contributed by atoms with Gasteiger partial charge in [0, 0.05) is 38.3 Å². The highest BCUT2D eigenvalue weighted by Crippen LogP contribution is 2.49. The van der Waals surface area contributed by atoms with Crippen LogP contribution >= 0.6 is 11.6 Å². The lowest BCUT2D eigenvalue weighted by atomic mass is 9.87. The lowest BCUT2D eigenvalue weighted by Gasteiger charge is -2.38. The van der Waals surface area contributed by atoms with Crippen LogP contribution in [-0.4, -0.2) is 42.0 Å². The zero-order valence-corrected chi connectivity index (χ0v) is 15.1. The molecule has 26 heavy (non-hydrogen) atoms. The molecular weight excluding hydrogens is 367 g/mol. The molecule has 0 aromatic carbocycles.